The molecule has 4 heterocycles. The van der Waals surface area contributed by atoms with Gasteiger partial charge in [0.15, 0.2) is 0 Å². The first-order valence-electron chi connectivity index (χ1n) is 12.9. The van der Waals surface area contributed by atoms with E-state index in [0.29, 0.717) is 13.1 Å². The van der Waals surface area contributed by atoms with Crippen LogP contribution in [0.2, 0.25) is 0 Å². The molecule has 0 atom stereocenters. The summed E-state index contributed by atoms with van der Waals surface area (Å²) in [6, 6.07) is 5.99. The van der Waals surface area contributed by atoms with Gasteiger partial charge < -0.3 is 14.5 Å². The third kappa shape index (κ3) is 4.10. The van der Waals surface area contributed by atoms with E-state index in [1.165, 1.54) is 49.8 Å². The van der Waals surface area contributed by atoms with E-state index in [0.717, 1.165) is 70.1 Å². The maximum Gasteiger partial charge on any atom is 0.320 e. The molecule has 1 aromatic heterocycles. The van der Waals surface area contributed by atoms with Crippen LogP contribution in [0.3, 0.4) is 0 Å². The molecular weight excluding hydrogens is 402 g/mol. The fourth-order valence-electron chi connectivity index (χ4n) is 5.83. The Morgan fingerprint density at radius 3 is 2.38 bits per heavy atom. The topological polar surface area (TPSA) is 52.2 Å². The normalized spacial score (nSPS) is 26.0. The number of rotatable bonds is 4. The molecule has 1 aromatic rings. The summed E-state index contributed by atoms with van der Waals surface area (Å²) < 4.78 is 6.14. The Morgan fingerprint density at radius 2 is 1.62 bits per heavy atom. The Kier molecular flexibility index (Phi) is 5.71. The SMILES string of the molecule is O=C(N1CCCN(C2CCC2)CC1)N1CC(Oc2ccc3c(n2)CCN(C2CCC2)C3)C1. The molecule has 32 heavy (non-hydrogen) atoms. The highest BCUT2D eigenvalue weighted by atomic mass is 16.5. The molecule has 0 N–H and O–H groups in total. The smallest absolute Gasteiger partial charge is 0.320 e. The van der Waals surface area contributed by atoms with Gasteiger partial charge in [-0.1, -0.05) is 18.9 Å². The van der Waals surface area contributed by atoms with Gasteiger partial charge in [-0.25, -0.2) is 9.78 Å². The number of carbonyl (C=O) groups is 1. The average Bonchev–Trinajstić information content (AvgIpc) is 2.93. The van der Waals surface area contributed by atoms with E-state index in [1.807, 2.05) is 11.0 Å². The van der Waals surface area contributed by atoms with Gasteiger partial charge in [-0.05, 0) is 37.7 Å². The molecule has 0 radical (unpaired) electrons. The lowest BCUT2D eigenvalue weighted by Gasteiger charge is -2.42. The summed E-state index contributed by atoms with van der Waals surface area (Å²) in [7, 11) is 0. The van der Waals surface area contributed by atoms with Crippen LogP contribution in [0.25, 0.3) is 0 Å². The predicted octanol–water partition coefficient (Wildman–Crippen LogP) is 2.74. The molecule has 2 saturated heterocycles. The van der Waals surface area contributed by atoms with E-state index in [9.17, 15) is 4.79 Å². The third-order valence-electron chi connectivity index (χ3n) is 8.44. The lowest BCUT2D eigenvalue weighted by atomic mass is 9.89. The quantitative estimate of drug-likeness (QED) is 0.722. The summed E-state index contributed by atoms with van der Waals surface area (Å²) in [4.78, 5) is 27.0. The van der Waals surface area contributed by atoms with Crippen molar-refractivity contribution in [3.05, 3.63) is 23.4 Å². The molecular formula is C25H37N5O2. The fraction of sp³-hybridized carbons (Fsp3) is 0.760. The summed E-state index contributed by atoms with van der Waals surface area (Å²) in [5.74, 6) is 0.726. The second-order valence-electron chi connectivity index (χ2n) is 10.4. The standard InChI is InChI=1S/C25H37N5O2/c31-25(28-12-3-11-27(14-15-28)20-4-1-5-20)30-17-22(18-30)32-24-9-8-19-16-29(21-6-2-7-21)13-10-23(19)26-24/h8-9,20-22H,1-7,10-18H2. The molecule has 6 rings (SSSR count). The van der Waals surface area contributed by atoms with E-state index in [1.54, 1.807) is 0 Å². The van der Waals surface area contributed by atoms with Crippen molar-refractivity contribution >= 4 is 6.03 Å². The van der Waals surface area contributed by atoms with Crippen LogP contribution in [-0.2, 0) is 13.0 Å². The molecule has 2 amide bonds. The zero-order chi connectivity index (χ0) is 21.5. The first-order chi connectivity index (χ1) is 15.7. The van der Waals surface area contributed by atoms with Gasteiger partial charge in [0.1, 0.15) is 6.10 Å². The van der Waals surface area contributed by atoms with Crippen molar-refractivity contribution in [3.63, 3.8) is 0 Å². The minimum atomic E-state index is 0.0676. The number of nitrogens with zero attached hydrogens (tertiary/aromatic N) is 5. The maximum absolute atomic E-state index is 13.0. The van der Waals surface area contributed by atoms with E-state index in [-0.39, 0.29) is 12.1 Å². The molecule has 5 aliphatic rings. The summed E-state index contributed by atoms with van der Waals surface area (Å²) in [6.07, 6.45) is 10.3. The van der Waals surface area contributed by atoms with Crippen LogP contribution in [0.5, 0.6) is 5.88 Å². The van der Waals surface area contributed by atoms with E-state index in [2.05, 4.69) is 20.8 Å². The van der Waals surface area contributed by atoms with Crippen LogP contribution >= 0.6 is 0 Å². The van der Waals surface area contributed by atoms with Gasteiger partial charge >= 0.3 is 6.03 Å². The number of ether oxygens (including phenoxy) is 1. The van der Waals surface area contributed by atoms with Crippen molar-refractivity contribution < 1.29 is 9.53 Å². The molecule has 7 nitrogen and oxygen atoms in total. The van der Waals surface area contributed by atoms with Crippen molar-refractivity contribution in [1.29, 1.82) is 0 Å². The number of fused-ring (bicyclic) bond motifs is 1. The first kappa shape index (κ1) is 20.7. The Bertz CT molecular complexity index is 834. The van der Waals surface area contributed by atoms with Gasteiger partial charge in [-0.15, -0.1) is 0 Å². The van der Waals surface area contributed by atoms with Crippen LogP contribution in [-0.4, -0.2) is 94.6 Å². The van der Waals surface area contributed by atoms with Crippen LogP contribution < -0.4 is 4.74 Å². The van der Waals surface area contributed by atoms with Gasteiger partial charge in [0, 0.05) is 63.8 Å². The summed E-state index contributed by atoms with van der Waals surface area (Å²) in [6.45, 7) is 7.42. The Hall–Kier alpha value is -1.86. The van der Waals surface area contributed by atoms with Crippen molar-refractivity contribution in [2.75, 3.05) is 45.8 Å². The van der Waals surface area contributed by atoms with E-state index < -0.39 is 0 Å². The van der Waals surface area contributed by atoms with Gasteiger partial charge in [-0.2, -0.15) is 0 Å². The lowest BCUT2D eigenvalue weighted by molar-refractivity contribution is 0.0280. The monoisotopic (exact) mass is 439 g/mol. The number of hydrogen-bond donors (Lipinski definition) is 0. The van der Waals surface area contributed by atoms with Gasteiger partial charge in [0.05, 0.1) is 18.8 Å². The highest BCUT2D eigenvalue weighted by molar-refractivity contribution is 5.75. The molecule has 0 aromatic carbocycles. The van der Waals surface area contributed by atoms with Crippen molar-refractivity contribution in [2.24, 2.45) is 0 Å². The van der Waals surface area contributed by atoms with Crippen LogP contribution in [0, 0.1) is 0 Å². The number of amides is 2. The largest absolute Gasteiger partial charge is 0.471 e. The molecule has 0 bridgehead atoms. The number of urea groups is 1. The molecule has 174 valence electrons. The number of likely N-dealkylation sites (tertiary alicyclic amines) is 1. The van der Waals surface area contributed by atoms with Crippen LogP contribution in [0.1, 0.15) is 56.2 Å². The lowest BCUT2D eigenvalue weighted by Crippen LogP contribution is -2.60. The summed E-state index contributed by atoms with van der Waals surface area (Å²) in [5, 5.41) is 0. The zero-order valence-electron chi connectivity index (χ0n) is 19.3. The summed E-state index contributed by atoms with van der Waals surface area (Å²) in [5.41, 5.74) is 2.56. The summed E-state index contributed by atoms with van der Waals surface area (Å²) >= 11 is 0. The third-order valence-corrected chi connectivity index (χ3v) is 8.44. The maximum atomic E-state index is 13.0. The molecule has 2 aliphatic carbocycles. The highest BCUT2D eigenvalue weighted by Crippen LogP contribution is 2.30. The molecule has 0 unspecified atom stereocenters. The fourth-order valence-corrected chi connectivity index (χ4v) is 5.83. The highest BCUT2D eigenvalue weighted by Gasteiger charge is 2.36. The van der Waals surface area contributed by atoms with Gasteiger partial charge in [0.2, 0.25) is 5.88 Å². The van der Waals surface area contributed by atoms with Crippen molar-refractivity contribution in [2.45, 2.75) is 76.1 Å². The number of pyridine rings is 1. The second-order valence-corrected chi connectivity index (χ2v) is 10.4. The van der Waals surface area contributed by atoms with E-state index in [4.69, 9.17) is 9.72 Å². The predicted molar refractivity (Wildman–Crippen MR) is 123 cm³/mol. The average molecular weight is 440 g/mol. The molecule has 3 aliphatic heterocycles. The number of carbonyl (C=O) groups excluding carboxylic acids is 1. The Morgan fingerprint density at radius 1 is 0.844 bits per heavy atom. The van der Waals surface area contributed by atoms with Crippen molar-refractivity contribution in [3.8, 4) is 5.88 Å². The second kappa shape index (κ2) is 8.82. The number of aromatic nitrogens is 1. The molecule has 2 saturated carbocycles. The molecule has 4 fully saturated rings. The zero-order valence-corrected chi connectivity index (χ0v) is 19.3. The van der Waals surface area contributed by atoms with Crippen molar-refractivity contribution in [1.82, 2.24) is 24.6 Å². The Balaban J connectivity index is 0.976. The van der Waals surface area contributed by atoms with Gasteiger partial charge in [0.25, 0.3) is 0 Å². The molecule has 7 heteroatoms. The Labute approximate surface area is 191 Å². The van der Waals surface area contributed by atoms with Gasteiger partial charge in [-0.3, -0.25) is 9.80 Å². The van der Waals surface area contributed by atoms with Crippen LogP contribution in [0.15, 0.2) is 12.1 Å². The first-order valence-corrected chi connectivity index (χ1v) is 12.9. The molecule has 0 spiro atoms. The minimum Gasteiger partial charge on any atom is -0.471 e. The number of hydrogen-bond acceptors (Lipinski definition) is 5. The van der Waals surface area contributed by atoms with E-state index >= 15 is 0 Å². The van der Waals surface area contributed by atoms with Crippen LogP contribution in [0.4, 0.5) is 4.79 Å². The minimum absolute atomic E-state index is 0.0676.